The maximum Gasteiger partial charge on any atom is 0.243 e. The van der Waals surface area contributed by atoms with Crippen LogP contribution in [-0.4, -0.2) is 27.9 Å². The zero-order valence-corrected chi connectivity index (χ0v) is 10.2. The van der Waals surface area contributed by atoms with Gasteiger partial charge < -0.3 is 14.9 Å². The second kappa shape index (κ2) is 5.07. The number of aliphatic hydroxyl groups excluding tert-OH is 1. The first-order chi connectivity index (χ1) is 9.20. The predicted molar refractivity (Wildman–Crippen MR) is 64.9 cm³/mol. The summed E-state index contributed by atoms with van der Waals surface area (Å²) in [7, 11) is 0. The third kappa shape index (κ3) is 2.80. The molecule has 1 aromatic carbocycles. The summed E-state index contributed by atoms with van der Waals surface area (Å²) in [4.78, 5) is 4.30. The van der Waals surface area contributed by atoms with Crippen LogP contribution in [0.1, 0.15) is 29.7 Å². The lowest BCUT2D eigenvalue weighted by Gasteiger charge is -2.01. The van der Waals surface area contributed by atoms with E-state index in [2.05, 4.69) is 15.5 Å². The first-order valence-corrected chi connectivity index (χ1v) is 6.19. The fourth-order valence-electron chi connectivity index (χ4n) is 2.17. The van der Waals surface area contributed by atoms with Gasteiger partial charge in [0.15, 0.2) is 5.82 Å². The van der Waals surface area contributed by atoms with E-state index in [1.54, 1.807) is 12.1 Å². The Bertz CT molecular complexity index is 555. The first-order valence-electron chi connectivity index (χ1n) is 6.19. The number of β-amino-alcohol motifs (C(OH)–C–C–N with tert-alkyl or cyclic N) is 1. The highest BCUT2D eigenvalue weighted by molar-refractivity contribution is 5.19. The molecular formula is C13H14FN3O2. The normalized spacial score (nSPS) is 22.8. The van der Waals surface area contributed by atoms with E-state index in [0.717, 1.165) is 5.56 Å². The van der Waals surface area contributed by atoms with Gasteiger partial charge in [-0.3, -0.25) is 0 Å². The number of hydrogen-bond donors (Lipinski definition) is 2. The Morgan fingerprint density at radius 2 is 2.16 bits per heavy atom. The minimum absolute atomic E-state index is 0.0792. The van der Waals surface area contributed by atoms with Gasteiger partial charge in [-0.15, -0.1) is 0 Å². The van der Waals surface area contributed by atoms with Crippen LogP contribution in [0.5, 0.6) is 0 Å². The van der Waals surface area contributed by atoms with Crippen LogP contribution in [-0.2, 0) is 6.42 Å². The van der Waals surface area contributed by atoms with Gasteiger partial charge in [-0.1, -0.05) is 17.3 Å². The number of halogens is 1. The molecule has 100 valence electrons. The second-order valence-electron chi connectivity index (χ2n) is 4.70. The quantitative estimate of drug-likeness (QED) is 0.870. The molecule has 2 heterocycles. The predicted octanol–water partition coefficient (Wildman–Crippen LogP) is 1.19. The number of hydrogen-bond acceptors (Lipinski definition) is 5. The molecule has 2 atom stereocenters. The molecule has 1 aromatic heterocycles. The fraction of sp³-hybridized carbons (Fsp3) is 0.385. The van der Waals surface area contributed by atoms with Crippen molar-refractivity contribution in [3.63, 3.8) is 0 Å². The highest BCUT2D eigenvalue weighted by atomic mass is 19.1. The Balaban J connectivity index is 1.69. The van der Waals surface area contributed by atoms with Crippen LogP contribution >= 0.6 is 0 Å². The van der Waals surface area contributed by atoms with Crippen LogP contribution in [0.3, 0.4) is 0 Å². The van der Waals surface area contributed by atoms with Crippen LogP contribution in [0.25, 0.3) is 0 Å². The van der Waals surface area contributed by atoms with E-state index in [1.807, 2.05) is 0 Å². The van der Waals surface area contributed by atoms with Crippen molar-refractivity contribution in [2.75, 3.05) is 6.54 Å². The summed E-state index contributed by atoms with van der Waals surface area (Å²) in [6.07, 6.45) is 0.717. The summed E-state index contributed by atoms with van der Waals surface area (Å²) >= 11 is 0. The molecule has 1 aliphatic rings. The highest BCUT2D eigenvalue weighted by Gasteiger charge is 2.27. The summed E-state index contributed by atoms with van der Waals surface area (Å²) in [6.45, 7) is 0.542. The molecule has 3 rings (SSSR count). The van der Waals surface area contributed by atoms with Gasteiger partial charge in [-0.25, -0.2) is 4.39 Å². The lowest BCUT2D eigenvalue weighted by molar-refractivity contribution is 0.191. The van der Waals surface area contributed by atoms with Gasteiger partial charge in [-0.05, 0) is 24.1 Å². The van der Waals surface area contributed by atoms with E-state index in [0.29, 0.717) is 31.1 Å². The second-order valence-corrected chi connectivity index (χ2v) is 4.70. The summed E-state index contributed by atoms with van der Waals surface area (Å²) in [6, 6.07) is 6.13. The summed E-state index contributed by atoms with van der Waals surface area (Å²) in [5.41, 5.74) is 0.924. The number of benzene rings is 1. The van der Waals surface area contributed by atoms with E-state index >= 15 is 0 Å². The Morgan fingerprint density at radius 1 is 1.37 bits per heavy atom. The molecule has 2 N–H and O–H groups in total. The largest absolute Gasteiger partial charge is 0.392 e. The van der Waals surface area contributed by atoms with Gasteiger partial charge in [0.05, 0.1) is 12.1 Å². The van der Waals surface area contributed by atoms with Gasteiger partial charge in [-0.2, -0.15) is 4.98 Å². The van der Waals surface area contributed by atoms with E-state index < -0.39 is 0 Å². The summed E-state index contributed by atoms with van der Waals surface area (Å²) in [5.74, 6) is 0.792. The van der Waals surface area contributed by atoms with Gasteiger partial charge in [0.1, 0.15) is 5.82 Å². The van der Waals surface area contributed by atoms with Crippen LogP contribution in [0.4, 0.5) is 4.39 Å². The lowest BCUT2D eigenvalue weighted by atomic mass is 10.1. The van der Waals surface area contributed by atoms with E-state index in [4.69, 9.17) is 4.52 Å². The standard InChI is InChI=1S/C13H14FN3O2/c14-9-3-1-8(2-4-9)5-12-16-13(19-17-12)11-6-10(18)7-15-11/h1-4,10-11,15,18H,5-7H2/t10-,11+/m1/s1. The fourth-order valence-corrected chi connectivity index (χ4v) is 2.17. The molecule has 1 aliphatic heterocycles. The van der Waals surface area contributed by atoms with Gasteiger partial charge in [0.2, 0.25) is 5.89 Å². The van der Waals surface area contributed by atoms with Crippen LogP contribution in [0.15, 0.2) is 28.8 Å². The van der Waals surface area contributed by atoms with Crippen molar-refractivity contribution in [1.82, 2.24) is 15.5 Å². The molecule has 0 spiro atoms. The van der Waals surface area contributed by atoms with Crippen molar-refractivity contribution < 1.29 is 14.0 Å². The van der Waals surface area contributed by atoms with Crippen molar-refractivity contribution in [3.8, 4) is 0 Å². The van der Waals surface area contributed by atoms with Crippen molar-refractivity contribution in [1.29, 1.82) is 0 Å². The molecule has 19 heavy (non-hydrogen) atoms. The average molecular weight is 263 g/mol. The minimum atomic E-state index is -0.363. The van der Waals surface area contributed by atoms with Crippen LogP contribution in [0.2, 0.25) is 0 Å². The van der Waals surface area contributed by atoms with Gasteiger partial charge >= 0.3 is 0 Å². The third-order valence-electron chi connectivity index (χ3n) is 3.17. The molecule has 2 aromatic rings. The zero-order chi connectivity index (χ0) is 13.2. The Labute approximate surface area is 109 Å². The molecule has 5 nitrogen and oxygen atoms in total. The van der Waals surface area contributed by atoms with Crippen molar-refractivity contribution >= 4 is 0 Å². The minimum Gasteiger partial charge on any atom is -0.392 e. The van der Waals surface area contributed by atoms with Gasteiger partial charge in [0, 0.05) is 13.0 Å². The van der Waals surface area contributed by atoms with Crippen molar-refractivity contribution in [3.05, 3.63) is 47.4 Å². The Kier molecular flexibility index (Phi) is 3.27. The van der Waals surface area contributed by atoms with Crippen molar-refractivity contribution in [2.45, 2.75) is 25.0 Å². The van der Waals surface area contributed by atoms with E-state index in [-0.39, 0.29) is 18.0 Å². The van der Waals surface area contributed by atoms with Gasteiger partial charge in [0.25, 0.3) is 0 Å². The smallest absolute Gasteiger partial charge is 0.243 e. The molecule has 6 heteroatoms. The lowest BCUT2D eigenvalue weighted by Crippen LogP contribution is -2.15. The molecule has 0 aliphatic carbocycles. The number of nitrogens with one attached hydrogen (secondary N) is 1. The molecule has 0 unspecified atom stereocenters. The van der Waals surface area contributed by atoms with E-state index in [9.17, 15) is 9.50 Å². The molecule has 1 fully saturated rings. The molecule has 0 amide bonds. The molecular weight excluding hydrogens is 249 g/mol. The van der Waals surface area contributed by atoms with Crippen molar-refractivity contribution in [2.24, 2.45) is 0 Å². The number of aliphatic hydroxyl groups is 1. The highest BCUT2D eigenvalue weighted by Crippen LogP contribution is 2.22. The molecule has 0 radical (unpaired) electrons. The number of rotatable bonds is 3. The van der Waals surface area contributed by atoms with Crippen LogP contribution in [0, 0.1) is 5.82 Å². The zero-order valence-electron chi connectivity index (χ0n) is 10.2. The Hall–Kier alpha value is -1.79. The summed E-state index contributed by atoms with van der Waals surface area (Å²) < 4.78 is 18.0. The number of aromatic nitrogens is 2. The summed E-state index contributed by atoms with van der Waals surface area (Å²) in [5, 5.41) is 16.5. The Morgan fingerprint density at radius 3 is 2.84 bits per heavy atom. The molecule has 1 saturated heterocycles. The maximum atomic E-state index is 12.8. The van der Waals surface area contributed by atoms with Crippen LogP contribution < -0.4 is 5.32 Å². The monoisotopic (exact) mass is 263 g/mol. The number of nitrogens with zero attached hydrogens (tertiary/aromatic N) is 2. The first kappa shape index (κ1) is 12.3. The SMILES string of the molecule is O[C@H]1CN[C@H](c2nc(Cc3ccc(F)cc3)no2)C1. The average Bonchev–Trinajstić information content (AvgIpc) is 3.01. The molecule has 0 bridgehead atoms. The molecule has 0 saturated carbocycles. The maximum absolute atomic E-state index is 12.8. The van der Waals surface area contributed by atoms with E-state index in [1.165, 1.54) is 12.1 Å². The topological polar surface area (TPSA) is 71.2 Å². The third-order valence-corrected chi connectivity index (χ3v) is 3.17.